The number of rotatable bonds is 2. The smallest absolute Gasteiger partial charge is 0.331 e. The van der Waals surface area contributed by atoms with Gasteiger partial charge in [-0.25, -0.2) is 4.79 Å². The van der Waals surface area contributed by atoms with Crippen LogP contribution >= 0.6 is 0 Å². The van der Waals surface area contributed by atoms with Crippen LogP contribution < -0.4 is 0 Å². The summed E-state index contributed by atoms with van der Waals surface area (Å²) in [6.07, 6.45) is 6.20. The summed E-state index contributed by atoms with van der Waals surface area (Å²) in [4.78, 5) is 11.3. The molecule has 0 aliphatic heterocycles. The molecule has 4 aliphatic carbocycles. The Morgan fingerprint density at radius 1 is 1.25 bits per heavy atom. The van der Waals surface area contributed by atoms with E-state index in [0.29, 0.717) is 11.5 Å². The molecule has 0 unspecified atom stereocenters. The van der Waals surface area contributed by atoms with Crippen molar-refractivity contribution in [2.45, 2.75) is 39.0 Å². The molecule has 4 rings (SSSR count). The van der Waals surface area contributed by atoms with Crippen molar-refractivity contribution in [3.8, 4) is 0 Å². The lowest BCUT2D eigenvalue weighted by Crippen LogP contribution is -2.53. The van der Waals surface area contributed by atoms with Crippen molar-refractivity contribution in [2.24, 2.45) is 29.1 Å². The van der Waals surface area contributed by atoms with Gasteiger partial charge in [0.15, 0.2) is 0 Å². The van der Waals surface area contributed by atoms with E-state index in [4.69, 9.17) is 0 Å². The van der Waals surface area contributed by atoms with Crippen LogP contribution in [0.1, 0.15) is 39.0 Å². The van der Waals surface area contributed by atoms with Crippen molar-refractivity contribution in [3.05, 3.63) is 12.2 Å². The number of carbonyl (C=O) groups is 1. The minimum Gasteiger partial charge on any atom is -0.478 e. The maximum Gasteiger partial charge on any atom is 0.331 e. The number of carboxylic acid groups (broad SMARTS) is 1. The molecule has 0 radical (unpaired) electrons. The minimum atomic E-state index is -0.770. The molecular weight excluding hydrogens is 200 g/mol. The number of carboxylic acids is 1. The van der Waals surface area contributed by atoms with Crippen LogP contribution in [0.4, 0.5) is 0 Å². The molecule has 88 valence electrons. The van der Waals surface area contributed by atoms with Gasteiger partial charge in [-0.3, -0.25) is 0 Å². The molecule has 0 aromatic heterocycles. The SMILES string of the molecule is C=C(C(=O)O)C12C[C@@H]3CC(C[C@H](C3)C1)[C@H]2C. The van der Waals surface area contributed by atoms with Gasteiger partial charge in [-0.05, 0) is 55.8 Å². The second-order valence-corrected chi connectivity index (χ2v) is 6.34. The van der Waals surface area contributed by atoms with Gasteiger partial charge < -0.3 is 5.11 Å². The number of hydrogen-bond donors (Lipinski definition) is 1. The highest BCUT2D eigenvalue weighted by Gasteiger charge is 2.57. The Kier molecular flexibility index (Phi) is 2.02. The lowest BCUT2D eigenvalue weighted by atomic mass is 9.44. The molecule has 4 bridgehead atoms. The fourth-order valence-corrected chi connectivity index (χ4v) is 5.03. The second-order valence-electron chi connectivity index (χ2n) is 6.34. The summed E-state index contributed by atoms with van der Waals surface area (Å²) in [5.41, 5.74) is 0.444. The van der Waals surface area contributed by atoms with Crippen molar-refractivity contribution in [1.29, 1.82) is 0 Å². The van der Waals surface area contributed by atoms with E-state index >= 15 is 0 Å². The number of aliphatic carboxylic acids is 1. The Morgan fingerprint density at radius 2 is 1.81 bits per heavy atom. The highest BCUT2D eigenvalue weighted by Crippen LogP contribution is 2.65. The second kappa shape index (κ2) is 3.12. The van der Waals surface area contributed by atoms with Crippen molar-refractivity contribution in [2.75, 3.05) is 0 Å². The molecule has 0 aromatic rings. The van der Waals surface area contributed by atoms with Gasteiger partial charge in [-0.15, -0.1) is 0 Å². The fourth-order valence-electron chi connectivity index (χ4n) is 5.03. The van der Waals surface area contributed by atoms with Gasteiger partial charge >= 0.3 is 5.97 Å². The van der Waals surface area contributed by atoms with E-state index < -0.39 is 5.97 Å². The third-order valence-electron chi connectivity index (χ3n) is 5.68. The Morgan fingerprint density at radius 3 is 2.31 bits per heavy atom. The Bertz CT molecular complexity index is 344. The van der Waals surface area contributed by atoms with Gasteiger partial charge in [0, 0.05) is 11.0 Å². The van der Waals surface area contributed by atoms with Crippen LogP contribution in [0.15, 0.2) is 12.2 Å². The van der Waals surface area contributed by atoms with E-state index in [1.165, 1.54) is 19.3 Å². The normalized spacial score (nSPS) is 49.3. The van der Waals surface area contributed by atoms with Crippen molar-refractivity contribution in [1.82, 2.24) is 0 Å². The van der Waals surface area contributed by atoms with E-state index in [9.17, 15) is 9.90 Å². The molecule has 4 saturated carbocycles. The van der Waals surface area contributed by atoms with Gasteiger partial charge in [0.25, 0.3) is 0 Å². The van der Waals surface area contributed by atoms with Crippen LogP contribution in [0, 0.1) is 29.1 Å². The highest BCUT2D eigenvalue weighted by molar-refractivity contribution is 5.87. The lowest BCUT2D eigenvalue weighted by Gasteiger charge is -2.60. The van der Waals surface area contributed by atoms with Gasteiger partial charge in [-0.1, -0.05) is 13.5 Å². The molecule has 4 fully saturated rings. The zero-order valence-electron chi connectivity index (χ0n) is 9.91. The Hall–Kier alpha value is -0.790. The van der Waals surface area contributed by atoms with E-state index in [1.54, 1.807) is 0 Å². The average molecular weight is 220 g/mol. The minimum absolute atomic E-state index is 0.0550. The summed E-state index contributed by atoms with van der Waals surface area (Å²) < 4.78 is 0. The van der Waals surface area contributed by atoms with E-state index in [2.05, 4.69) is 13.5 Å². The van der Waals surface area contributed by atoms with E-state index in [1.807, 2.05) is 0 Å². The lowest BCUT2D eigenvalue weighted by molar-refractivity contribution is -0.139. The van der Waals surface area contributed by atoms with Gasteiger partial charge in [0.05, 0.1) is 0 Å². The fraction of sp³-hybridized carbons (Fsp3) is 0.786. The van der Waals surface area contributed by atoms with Gasteiger partial charge in [0.2, 0.25) is 0 Å². The molecule has 3 atom stereocenters. The molecule has 0 amide bonds. The first kappa shape index (κ1) is 10.4. The van der Waals surface area contributed by atoms with Crippen LogP contribution in [-0.4, -0.2) is 11.1 Å². The maximum atomic E-state index is 11.3. The van der Waals surface area contributed by atoms with Crippen LogP contribution in [0.3, 0.4) is 0 Å². The summed E-state index contributed by atoms with van der Waals surface area (Å²) in [5.74, 6) is 2.09. The average Bonchev–Trinajstić information content (AvgIpc) is 2.23. The molecule has 16 heavy (non-hydrogen) atoms. The summed E-state index contributed by atoms with van der Waals surface area (Å²) >= 11 is 0. The Labute approximate surface area is 96.7 Å². The molecule has 0 aromatic carbocycles. The van der Waals surface area contributed by atoms with Crippen molar-refractivity contribution >= 4 is 5.97 Å². The molecule has 0 spiro atoms. The third-order valence-corrected chi connectivity index (χ3v) is 5.68. The molecule has 0 heterocycles. The maximum absolute atomic E-state index is 11.3. The van der Waals surface area contributed by atoms with Crippen LogP contribution in [0.5, 0.6) is 0 Å². The van der Waals surface area contributed by atoms with Crippen LogP contribution in [0.2, 0.25) is 0 Å². The summed E-state index contributed by atoms with van der Waals surface area (Å²) in [7, 11) is 0. The first-order valence-electron chi connectivity index (χ1n) is 6.45. The molecule has 4 aliphatic rings. The van der Waals surface area contributed by atoms with E-state index in [-0.39, 0.29) is 5.41 Å². The Balaban J connectivity index is 1.99. The zero-order valence-corrected chi connectivity index (χ0v) is 9.91. The largest absolute Gasteiger partial charge is 0.478 e. The predicted octanol–water partition coefficient (Wildman–Crippen LogP) is 3.09. The van der Waals surface area contributed by atoms with Gasteiger partial charge in [0.1, 0.15) is 0 Å². The first-order valence-corrected chi connectivity index (χ1v) is 6.45. The highest BCUT2D eigenvalue weighted by atomic mass is 16.4. The first-order chi connectivity index (χ1) is 7.53. The third kappa shape index (κ3) is 1.16. The topological polar surface area (TPSA) is 37.3 Å². The molecule has 1 N–H and O–H groups in total. The molecule has 2 nitrogen and oxygen atoms in total. The molecular formula is C14H20O2. The summed E-state index contributed by atoms with van der Waals surface area (Å²) in [5, 5.41) is 9.26. The standard InChI is InChI=1S/C14H20O2/c1-8-12-4-10-3-11(5-12)7-14(8,6-10)9(2)13(15)16/h8,10-12H,2-7H2,1H3,(H,15,16)/t8-,10+,11+,12?,14?/m1/s1. The summed E-state index contributed by atoms with van der Waals surface area (Å²) in [6.45, 7) is 6.16. The molecule has 0 saturated heterocycles. The van der Waals surface area contributed by atoms with Gasteiger partial charge in [-0.2, -0.15) is 0 Å². The predicted molar refractivity (Wildman–Crippen MR) is 61.9 cm³/mol. The summed E-state index contributed by atoms with van der Waals surface area (Å²) in [6, 6.07) is 0. The zero-order chi connectivity index (χ0) is 11.5. The monoisotopic (exact) mass is 220 g/mol. The quantitative estimate of drug-likeness (QED) is 0.726. The van der Waals surface area contributed by atoms with Crippen molar-refractivity contribution < 1.29 is 9.90 Å². The molecule has 2 heteroatoms. The van der Waals surface area contributed by atoms with Crippen molar-refractivity contribution in [3.63, 3.8) is 0 Å². The van der Waals surface area contributed by atoms with Crippen LogP contribution in [-0.2, 0) is 4.79 Å². The number of hydrogen-bond acceptors (Lipinski definition) is 1. The van der Waals surface area contributed by atoms with Crippen LogP contribution in [0.25, 0.3) is 0 Å². The van der Waals surface area contributed by atoms with E-state index in [0.717, 1.165) is 30.6 Å².